The van der Waals surface area contributed by atoms with E-state index in [9.17, 15) is 10.1 Å². The van der Waals surface area contributed by atoms with Crippen LogP contribution in [0.3, 0.4) is 0 Å². The molecule has 0 unspecified atom stereocenters. The summed E-state index contributed by atoms with van der Waals surface area (Å²) in [5, 5.41) is 14.8. The number of nitro benzene ring substituents is 1. The molecule has 0 spiro atoms. The summed E-state index contributed by atoms with van der Waals surface area (Å²) >= 11 is 6.01. The van der Waals surface area contributed by atoms with Gasteiger partial charge in [-0.3, -0.25) is 10.1 Å². The Morgan fingerprint density at radius 3 is 2.48 bits per heavy atom. The second-order valence-electron chi connectivity index (χ2n) is 5.37. The van der Waals surface area contributed by atoms with Crippen LogP contribution in [0.25, 0.3) is 0 Å². The largest absolute Gasteiger partial charge is 0.382 e. The number of non-ortho nitro benzene ring substituents is 1. The van der Waals surface area contributed by atoms with E-state index in [-0.39, 0.29) is 10.6 Å². The number of nitrogens with one attached hydrogen (secondary N) is 1. The molecule has 1 aliphatic carbocycles. The topological polar surface area (TPSA) is 55.2 Å². The van der Waals surface area contributed by atoms with Gasteiger partial charge in [0.1, 0.15) is 0 Å². The Balaban J connectivity index is 1.56. The number of benzene rings is 2. The molecule has 1 aliphatic rings. The van der Waals surface area contributed by atoms with Crippen LogP contribution in [0.15, 0.2) is 48.5 Å². The fraction of sp³-hybridized carbons (Fsp3) is 0.250. The van der Waals surface area contributed by atoms with E-state index in [1.54, 1.807) is 12.1 Å². The van der Waals surface area contributed by atoms with Crippen LogP contribution in [0.2, 0.25) is 5.02 Å². The lowest BCUT2D eigenvalue weighted by Gasteiger charge is -2.37. The molecule has 108 valence electrons. The van der Waals surface area contributed by atoms with Crippen LogP contribution in [0.4, 0.5) is 11.4 Å². The van der Waals surface area contributed by atoms with Crippen molar-refractivity contribution in [1.29, 1.82) is 0 Å². The van der Waals surface area contributed by atoms with Crippen molar-refractivity contribution in [2.45, 2.75) is 24.8 Å². The van der Waals surface area contributed by atoms with Crippen molar-refractivity contribution in [2.75, 3.05) is 5.32 Å². The van der Waals surface area contributed by atoms with E-state index in [2.05, 4.69) is 11.4 Å². The molecule has 0 heterocycles. The summed E-state index contributed by atoms with van der Waals surface area (Å²) in [6, 6.07) is 15.0. The molecule has 0 radical (unpaired) electrons. The van der Waals surface area contributed by atoms with E-state index in [0.717, 1.165) is 23.6 Å². The van der Waals surface area contributed by atoms with Gasteiger partial charge in [-0.2, -0.15) is 0 Å². The van der Waals surface area contributed by atoms with Gasteiger partial charge in [0.25, 0.3) is 5.69 Å². The molecule has 0 amide bonds. The van der Waals surface area contributed by atoms with Crippen molar-refractivity contribution >= 4 is 23.0 Å². The summed E-state index contributed by atoms with van der Waals surface area (Å²) in [7, 11) is 0. The highest BCUT2D eigenvalue weighted by atomic mass is 35.5. The molecule has 0 atom stereocenters. The summed E-state index contributed by atoms with van der Waals surface area (Å²) in [5.41, 5.74) is 2.32. The van der Waals surface area contributed by atoms with E-state index in [1.165, 1.54) is 17.7 Å². The first-order chi connectivity index (χ1) is 10.1. The second kappa shape index (κ2) is 5.74. The Hall–Kier alpha value is -2.07. The van der Waals surface area contributed by atoms with Crippen molar-refractivity contribution in [3.8, 4) is 0 Å². The monoisotopic (exact) mass is 302 g/mol. The Labute approximate surface area is 127 Å². The Kier molecular flexibility index (Phi) is 3.80. The van der Waals surface area contributed by atoms with Crippen molar-refractivity contribution < 1.29 is 4.92 Å². The van der Waals surface area contributed by atoms with Gasteiger partial charge >= 0.3 is 0 Å². The van der Waals surface area contributed by atoms with Gasteiger partial charge in [0.15, 0.2) is 0 Å². The first kappa shape index (κ1) is 13.9. The van der Waals surface area contributed by atoms with Crippen LogP contribution in [-0.2, 0) is 0 Å². The lowest BCUT2D eigenvalue weighted by atomic mass is 9.76. The molecule has 3 rings (SSSR count). The third-order valence-corrected chi connectivity index (χ3v) is 4.14. The van der Waals surface area contributed by atoms with E-state index in [1.807, 2.05) is 18.2 Å². The number of anilines is 1. The highest BCUT2D eigenvalue weighted by Gasteiger charge is 2.30. The zero-order valence-electron chi connectivity index (χ0n) is 11.3. The van der Waals surface area contributed by atoms with Crippen molar-refractivity contribution in [3.63, 3.8) is 0 Å². The van der Waals surface area contributed by atoms with Crippen molar-refractivity contribution in [3.05, 3.63) is 69.2 Å². The van der Waals surface area contributed by atoms with Crippen LogP contribution < -0.4 is 5.32 Å². The van der Waals surface area contributed by atoms with Crippen LogP contribution in [0.1, 0.15) is 24.3 Å². The first-order valence-corrected chi connectivity index (χ1v) is 7.26. The van der Waals surface area contributed by atoms with Crippen molar-refractivity contribution in [1.82, 2.24) is 0 Å². The van der Waals surface area contributed by atoms with Gasteiger partial charge < -0.3 is 5.32 Å². The van der Waals surface area contributed by atoms with E-state index in [0.29, 0.717) is 12.0 Å². The molecule has 1 saturated carbocycles. The maximum Gasteiger partial charge on any atom is 0.269 e. The van der Waals surface area contributed by atoms with Gasteiger partial charge in [0, 0.05) is 28.9 Å². The van der Waals surface area contributed by atoms with E-state index < -0.39 is 0 Å². The minimum atomic E-state index is -0.387. The Morgan fingerprint density at radius 1 is 1.14 bits per heavy atom. The average molecular weight is 303 g/mol. The zero-order valence-corrected chi connectivity index (χ0v) is 12.1. The predicted octanol–water partition coefficient (Wildman–Crippen LogP) is 4.61. The maximum absolute atomic E-state index is 10.6. The van der Waals surface area contributed by atoms with Gasteiger partial charge in [-0.1, -0.05) is 23.7 Å². The SMILES string of the molecule is O=[N+]([O-])c1ccc(NC2CC(c3cccc(Cl)c3)C2)cc1. The van der Waals surface area contributed by atoms with Gasteiger partial charge in [-0.15, -0.1) is 0 Å². The lowest BCUT2D eigenvalue weighted by molar-refractivity contribution is -0.384. The van der Waals surface area contributed by atoms with Crippen LogP contribution in [0, 0.1) is 10.1 Å². The lowest BCUT2D eigenvalue weighted by Crippen LogP contribution is -2.33. The van der Waals surface area contributed by atoms with Gasteiger partial charge in [-0.05, 0) is 48.6 Å². The molecule has 0 bridgehead atoms. The zero-order chi connectivity index (χ0) is 14.8. The molecule has 2 aromatic rings. The molecule has 2 aromatic carbocycles. The Bertz CT molecular complexity index is 652. The molecular formula is C16H15ClN2O2. The molecular weight excluding hydrogens is 288 g/mol. The predicted molar refractivity (Wildman–Crippen MR) is 83.9 cm³/mol. The number of nitro groups is 1. The number of hydrogen-bond acceptors (Lipinski definition) is 3. The normalized spacial score (nSPS) is 20.6. The van der Waals surface area contributed by atoms with Crippen LogP contribution in [-0.4, -0.2) is 11.0 Å². The molecule has 5 heteroatoms. The summed E-state index contributed by atoms with van der Waals surface area (Å²) in [4.78, 5) is 10.2. The highest BCUT2D eigenvalue weighted by Crippen LogP contribution is 2.39. The number of nitrogens with zero attached hydrogens (tertiary/aromatic N) is 1. The number of halogens is 1. The second-order valence-corrected chi connectivity index (χ2v) is 5.81. The van der Waals surface area contributed by atoms with E-state index in [4.69, 9.17) is 11.6 Å². The van der Waals surface area contributed by atoms with Crippen molar-refractivity contribution in [2.24, 2.45) is 0 Å². The minimum Gasteiger partial charge on any atom is -0.382 e. The molecule has 1 N–H and O–H groups in total. The van der Waals surface area contributed by atoms with E-state index >= 15 is 0 Å². The minimum absolute atomic E-state index is 0.117. The molecule has 0 saturated heterocycles. The first-order valence-electron chi connectivity index (χ1n) is 6.88. The summed E-state index contributed by atoms with van der Waals surface area (Å²) in [6.45, 7) is 0. The van der Waals surface area contributed by atoms with Crippen LogP contribution >= 0.6 is 11.6 Å². The smallest absolute Gasteiger partial charge is 0.269 e. The summed E-state index contributed by atoms with van der Waals surface area (Å²) < 4.78 is 0. The quantitative estimate of drug-likeness (QED) is 0.663. The number of rotatable bonds is 4. The standard InChI is InChI=1S/C16H15ClN2O2/c17-13-3-1-2-11(8-13)12-9-15(10-12)18-14-4-6-16(7-5-14)19(20)21/h1-8,12,15,18H,9-10H2. The number of hydrogen-bond donors (Lipinski definition) is 1. The third-order valence-electron chi connectivity index (χ3n) is 3.91. The molecule has 4 nitrogen and oxygen atoms in total. The van der Waals surface area contributed by atoms with Gasteiger partial charge in [0.2, 0.25) is 0 Å². The summed E-state index contributed by atoms with van der Waals surface area (Å²) in [5.74, 6) is 0.541. The third kappa shape index (κ3) is 3.16. The Morgan fingerprint density at radius 2 is 1.86 bits per heavy atom. The van der Waals surface area contributed by atoms with Gasteiger partial charge in [0.05, 0.1) is 4.92 Å². The molecule has 1 fully saturated rings. The van der Waals surface area contributed by atoms with Crippen LogP contribution in [0.5, 0.6) is 0 Å². The molecule has 21 heavy (non-hydrogen) atoms. The summed E-state index contributed by atoms with van der Waals surface area (Å²) in [6.07, 6.45) is 2.11. The molecule has 0 aliphatic heterocycles. The average Bonchev–Trinajstić information content (AvgIpc) is 2.43. The molecule has 0 aromatic heterocycles. The maximum atomic E-state index is 10.6. The fourth-order valence-electron chi connectivity index (χ4n) is 2.68. The van der Waals surface area contributed by atoms with Gasteiger partial charge in [-0.25, -0.2) is 0 Å². The highest BCUT2D eigenvalue weighted by molar-refractivity contribution is 6.30. The fourth-order valence-corrected chi connectivity index (χ4v) is 2.88.